The molecule has 0 radical (unpaired) electrons. The average Bonchev–Trinajstić information content (AvgIpc) is 2.74. The van der Waals surface area contributed by atoms with Gasteiger partial charge in [0.25, 0.3) is 0 Å². The molecule has 0 spiro atoms. The van der Waals surface area contributed by atoms with Gasteiger partial charge in [0, 0.05) is 6.20 Å². The SMILES string of the molecule is Nc1ncccc1CC(N)c1ccco1. The summed E-state index contributed by atoms with van der Waals surface area (Å²) in [6.07, 6.45) is 3.91. The summed E-state index contributed by atoms with van der Waals surface area (Å²) in [5.74, 6) is 1.29. The fraction of sp³-hybridized carbons (Fsp3) is 0.182. The lowest BCUT2D eigenvalue weighted by Crippen LogP contribution is -2.13. The predicted octanol–water partition coefficient (Wildman–Crippen LogP) is 1.50. The Morgan fingerprint density at radius 3 is 2.87 bits per heavy atom. The third kappa shape index (κ3) is 2.16. The van der Waals surface area contributed by atoms with Crippen LogP contribution in [0.4, 0.5) is 5.82 Å². The van der Waals surface area contributed by atoms with Gasteiger partial charge in [-0.25, -0.2) is 4.98 Å². The van der Waals surface area contributed by atoms with Crippen molar-refractivity contribution in [1.29, 1.82) is 0 Å². The lowest BCUT2D eigenvalue weighted by atomic mass is 10.1. The quantitative estimate of drug-likeness (QED) is 0.792. The number of anilines is 1. The van der Waals surface area contributed by atoms with E-state index in [1.807, 2.05) is 24.3 Å². The molecule has 0 aliphatic carbocycles. The molecular formula is C11H13N3O. The van der Waals surface area contributed by atoms with Crippen molar-refractivity contribution in [3.05, 3.63) is 48.0 Å². The van der Waals surface area contributed by atoms with E-state index in [-0.39, 0.29) is 6.04 Å². The van der Waals surface area contributed by atoms with Crippen LogP contribution in [-0.2, 0) is 6.42 Å². The summed E-state index contributed by atoms with van der Waals surface area (Å²) < 4.78 is 5.22. The highest BCUT2D eigenvalue weighted by molar-refractivity contribution is 5.39. The summed E-state index contributed by atoms with van der Waals surface area (Å²) >= 11 is 0. The molecule has 4 nitrogen and oxygen atoms in total. The molecule has 1 atom stereocenters. The standard InChI is InChI=1S/C11H13N3O/c12-9(10-4-2-6-15-10)7-8-3-1-5-14-11(8)13/h1-6,9H,7,12H2,(H2,13,14). The highest BCUT2D eigenvalue weighted by Crippen LogP contribution is 2.18. The van der Waals surface area contributed by atoms with Crippen LogP contribution in [-0.4, -0.2) is 4.98 Å². The zero-order valence-electron chi connectivity index (χ0n) is 8.26. The molecule has 0 aliphatic heterocycles. The third-order valence-electron chi connectivity index (χ3n) is 2.27. The van der Waals surface area contributed by atoms with Crippen molar-refractivity contribution >= 4 is 5.82 Å². The minimum absolute atomic E-state index is 0.175. The Morgan fingerprint density at radius 1 is 1.33 bits per heavy atom. The summed E-state index contributed by atoms with van der Waals surface area (Å²) in [6, 6.07) is 7.27. The molecule has 4 N–H and O–H groups in total. The Morgan fingerprint density at radius 2 is 2.20 bits per heavy atom. The Kier molecular flexibility index (Phi) is 2.69. The molecule has 15 heavy (non-hydrogen) atoms. The van der Waals surface area contributed by atoms with Crippen molar-refractivity contribution in [2.24, 2.45) is 5.73 Å². The van der Waals surface area contributed by atoms with E-state index in [9.17, 15) is 0 Å². The minimum atomic E-state index is -0.175. The zero-order chi connectivity index (χ0) is 10.7. The number of nitrogens with zero attached hydrogens (tertiary/aromatic N) is 1. The van der Waals surface area contributed by atoms with Gasteiger partial charge in [-0.3, -0.25) is 0 Å². The molecule has 0 fully saturated rings. The van der Waals surface area contributed by atoms with Gasteiger partial charge in [0.2, 0.25) is 0 Å². The highest BCUT2D eigenvalue weighted by Gasteiger charge is 2.11. The van der Waals surface area contributed by atoms with E-state index in [0.29, 0.717) is 12.2 Å². The number of nitrogens with two attached hydrogens (primary N) is 2. The molecular weight excluding hydrogens is 190 g/mol. The topological polar surface area (TPSA) is 78.1 Å². The van der Waals surface area contributed by atoms with Gasteiger partial charge in [-0.05, 0) is 30.2 Å². The van der Waals surface area contributed by atoms with E-state index < -0.39 is 0 Å². The second kappa shape index (κ2) is 4.14. The molecule has 0 aromatic carbocycles. The maximum absolute atomic E-state index is 5.96. The average molecular weight is 203 g/mol. The van der Waals surface area contributed by atoms with Crippen molar-refractivity contribution in [3.63, 3.8) is 0 Å². The van der Waals surface area contributed by atoms with Crippen molar-refractivity contribution in [3.8, 4) is 0 Å². The number of furan rings is 1. The second-order valence-corrected chi connectivity index (χ2v) is 3.37. The number of hydrogen-bond acceptors (Lipinski definition) is 4. The van der Waals surface area contributed by atoms with E-state index in [4.69, 9.17) is 15.9 Å². The first-order chi connectivity index (χ1) is 7.27. The van der Waals surface area contributed by atoms with Gasteiger partial charge < -0.3 is 15.9 Å². The van der Waals surface area contributed by atoms with Crippen LogP contribution < -0.4 is 11.5 Å². The Hall–Kier alpha value is -1.81. The lowest BCUT2D eigenvalue weighted by molar-refractivity contribution is 0.465. The first kappa shape index (κ1) is 9.73. The minimum Gasteiger partial charge on any atom is -0.468 e. The van der Waals surface area contributed by atoms with E-state index >= 15 is 0 Å². The monoisotopic (exact) mass is 203 g/mol. The van der Waals surface area contributed by atoms with Crippen LogP contribution >= 0.6 is 0 Å². The number of hydrogen-bond donors (Lipinski definition) is 2. The summed E-state index contributed by atoms with van der Waals surface area (Å²) in [7, 11) is 0. The van der Waals surface area contributed by atoms with Crippen molar-refractivity contribution < 1.29 is 4.42 Å². The summed E-state index contributed by atoms with van der Waals surface area (Å²) in [6.45, 7) is 0. The van der Waals surface area contributed by atoms with Gasteiger partial charge in [0.15, 0.2) is 0 Å². The lowest BCUT2D eigenvalue weighted by Gasteiger charge is -2.09. The number of pyridine rings is 1. The molecule has 1 unspecified atom stereocenters. The van der Waals surface area contributed by atoms with E-state index in [0.717, 1.165) is 11.3 Å². The molecule has 2 aromatic heterocycles. The van der Waals surface area contributed by atoms with E-state index in [2.05, 4.69) is 4.98 Å². The maximum atomic E-state index is 5.96. The fourth-order valence-corrected chi connectivity index (χ4v) is 1.46. The fourth-order valence-electron chi connectivity index (χ4n) is 1.46. The van der Waals surface area contributed by atoms with Crippen LogP contribution in [0.3, 0.4) is 0 Å². The Balaban J connectivity index is 2.13. The molecule has 0 saturated carbocycles. The zero-order valence-corrected chi connectivity index (χ0v) is 8.26. The van der Waals surface area contributed by atoms with Crippen molar-refractivity contribution in [2.75, 3.05) is 5.73 Å². The smallest absolute Gasteiger partial charge is 0.126 e. The summed E-state index contributed by atoms with van der Waals surface area (Å²) in [4.78, 5) is 4.01. The van der Waals surface area contributed by atoms with Gasteiger partial charge in [-0.1, -0.05) is 6.07 Å². The summed E-state index contributed by atoms with van der Waals surface area (Å²) in [5.41, 5.74) is 12.6. The normalized spacial score (nSPS) is 12.6. The van der Waals surface area contributed by atoms with Gasteiger partial charge in [0.05, 0.1) is 12.3 Å². The number of rotatable bonds is 3. The molecule has 0 saturated heterocycles. The van der Waals surface area contributed by atoms with Crippen LogP contribution in [0.25, 0.3) is 0 Å². The van der Waals surface area contributed by atoms with Crippen LogP contribution in [0.1, 0.15) is 17.4 Å². The van der Waals surface area contributed by atoms with Gasteiger partial charge in [-0.15, -0.1) is 0 Å². The maximum Gasteiger partial charge on any atom is 0.126 e. The second-order valence-electron chi connectivity index (χ2n) is 3.37. The summed E-state index contributed by atoms with van der Waals surface area (Å²) in [5, 5.41) is 0. The third-order valence-corrected chi connectivity index (χ3v) is 2.27. The van der Waals surface area contributed by atoms with Crippen LogP contribution in [0.2, 0.25) is 0 Å². The van der Waals surface area contributed by atoms with Crippen molar-refractivity contribution in [1.82, 2.24) is 4.98 Å². The molecule has 2 rings (SSSR count). The number of nitrogen functional groups attached to an aromatic ring is 1. The predicted molar refractivity (Wildman–Crippen MR) is 58.0 cm³/mol. The van der Waals surface area contributed by atoms with Crippen LogP contribution in [0.15, 0.2) is 41.1 Å². The molecule has 2 aromatic rings. The first-order valence-corrected chi connectivity index (χ1v) is 4.75. The van der Waals surface area contributed by atoms with Gasteiger partial charge in [-0.2, -0.15) is 0 Å². The van der Waals surface area contributed by atoms with Crippen molar-refractivity contribution in [2.45, 2.75) is 12.5 Å². The van der Waals surface area contributed by atoms with Crippen LogP contribution in [0, 0.1) is 0 Å². The molecule has 0 amide bonds. The number of aromatic nitrogens is 1. The largest absolute Gasteiger partial charge is 0.468 e. The van der Waals surface area contributed by atoms with Crippen LogP contribution in [0.5, 0.6) is 0 Å². The van der Waals surface area contributed by atoms with E-state index in [1.165, 1.54) is 0 Å². The molecule has 0 bridgehead atoms. The van der Waals surface area contributed by atoms with E-state index in [1.54, 1.807) is 12.5 Å². The first-order valence-electron chi connectivity index (χ1n) is 4.75. The molecule has 2 heterocycles. The molecule has 4 heteroatoms. The van der Waals surface area contributed by atoms with Gasteiger partial charge >= 0.3 is 0 Å². The van der Waals surface area contributed by atoms with Gasteiger partial charge in [0.1, 0.15) is 11.6 Å². The molecule has 0 aliphatic rings. The Bertz CT molecular complexity index is 425. The molecule has 78 valence electrons. The Labute approximate surface area is 87.9 Å². The highest BCUT2D eigenvalue weighted by atomic mass is 16.3.